The van der Waals surface area contributed by atoms with E-state index in [1.807, 2.05) is 6.07 Å². The Morgan fingerprint density at radius 2 is 1.79 bits per heavy atom. The molecule has 0 atom stereocenters. The number of hydrogen-bond acceptors (Lipinski definition) is 3. The summed E-state index contributed by atoms with van der Waals surface area (Å²) >= 11 is 1.68. The molecule has 19 heavy (non-hydrogen) atoms. The fraction of sp³-hybridized carbons (Fsp3) is 0.375. The molecule has 0 bridgehead atoms. The number of para-hydroxylation sites is 1. The number of aliphatic hydroxyl groups is 1. The van der Waals surface area contributed by atoms with E-state index in [0.717, 1.165) is 30.8 Å². The Morgan fingerprint density at radius 3 is 2.37 bits per heavy atom. The summed E-state index contributed by atoms with van der Waals surface area (Å²) in [6.45, 7) is 3.92. The largest absolute Gasteiger partial charge is 0.384 e. The number of anilines is 1. The third-order valence-corrected chi connectivity index (χ3v) is 5.21. The average Bonchev–Trinajstić information content (AvgIpc) is 2.88. The van der Waals surface area contributed by atoms with E-state index in [9.17, 15) is 5.11 Å². The van der Waals surface area contributed by atoms with Crippen molar-refractivity contribution >= 4 is 17.0 Å². The number of hydrogen-bond donors (Lipinski definition) is 1. The lowest BCUT2D eigenvalue weighted by molar-refractivity contribution is 0.0148. The molecule has 1 aliphatic heterocycles. The molecule has 3 rings (SSSR count). The van der Waals surface area contributed by atoms with Crippen molar-refractivity contribution in [3.05, 3.63) is 52.2 Å². The van der Waals surface area contributed by atoms with Crippen molar-refractivity contribution in [1.82, 2.24) is 0 Å². The molecule has 0 unspecified atom stereocenters. The maximum atomic E-state index is 10.9. The summed E-state index contributed by atoms with van der Waals surface area (Å²) < 4.78 is 0. The van der Waals surface area contributed by atoms with Gasteiger partial charge in [-0.3, -0.25) is 0 Å². The smallest absolute Gasteiger partial charge is 0.102 e. The quantitative estimate of drug-likeness (QED) is 0.904. The minimum Gasteiger partial charge on any atom is -0.384 e. The maximum absolute atomic E-state index is 10.9. The molecule has 1 aliphatic rings. The van der Waals surface area contributed by atoms with Gasteiger partial charge in [-0.15, -0.1) is 11.3 Å². The summed E-state index contributed by atoms with van der Waals surface area (Å²) in [5.74, 6) is 0. The van der Waals surface area contributed by atoms with Crippen LogP contribution in [0.15, 0.2) is 41.8 Å². The van der Waals surface area contributed by atoms with E-state index < -0.39 is 5.60 Å². The fourth-order valence-corrected chi connectivity index (χ4v) is 3.94. The van der Waals surface area contributed by atoms with Gasteiger partial charge in [0.2, 0.25) is 0 Å². The lowest BCUT2D eigenvalue weighted by Gasteiger charge is -2.39. The van der Waals surface area contributed by atoms with Gasteiger partial charge in [-0.1, -0.05) is 18.2 Å². The Labute approximate surface area is 118 Å². The number of thiophene rings is 1. The van der Waals surface area contributed by atoms with Gasteiger partial charge in [0.05, 0.1) is 0 Å². The Morgan fingerprint density at radius 1 is 1.11 bits per heavy atom. The standard InChI is InChI=1S/C16H19NOS/c1-13-7-12-19-15(13)16(18)8-10-17(11-9-16)14-5-3-2-4-6-14/h2-7,12,18H,8-11H2,1H3. The molecule has 3 heteroatoms. The molecule has 1 aromatic carbocycles. The molecule has 2 aromatic rings. The van der Waals surface area contributed by atoms with Crippen LogP contribution in [0.2, 0.25) is 0 Å². The van der Waals surface area contributed by atoms with Gasteiger partial charge < -0.3 is 10.0 Å². The Kier molecular flexibility index (Phi) is 3.33. The second-order valence-electron chi connectivity index (χ2n) is 5.29. The first-order valence-electron chi connectivity index (χ1n) is 6.76. The predicted molar refractivity (Wildman–Crippen MR) is 80.8 cm³/mol. The molecular formula is C16H19NOS. The van der Waals surface area contributed by atoms with Gasteiger partial charge in [-0.25, -0.2) is 0 Å². The summed E-state index contributed by atoms with van der Waals surface area (Å²) in [6.07, 6.45) is 1.62. The van der Waals surface area contributed by atoms with Gasteiger partial charge in [-0.05, 0) is 48.9 Å². The molecule has 2 heterocycles. The lowest BCUT2D eigenvalue weighted by Crippen LogP contribution is -2.42. The van der Waals surface area contributed by atoms with Crippen LogP contribution in [0.5, 0.6) is 0 Å². The fourth-order valence-electron chi connectivity index (χ4n) is 2.85. The summed E-state index contributed by atoms with van der Waals surface area (Å²) in [4.78, 5) is 3.51. The number of rotatable bonds is 2. The highest BCUT2D eigenvalue weighted by molar-refractivity contribution is 7.10. The zero-order valence-electron chi connectivity index (χ0n) is 11.2. The van der Waals surface area contributed by atoms with E-state index >= 15 is 0 Å². The highest BCUT2D eigenvalue weighted by Gasteiger charge is 2.35. The molecule has 1 saturated heterocycles. The number of nitrogens with zero attached hydrogens (tertiary/aromatic N) is 1. The first kappa shape index (κ1) is 12.7. The minimum atomic E-state index is -0.621. The first-order valence-corrected chi connectivity index (χ1v) is 7.64. The third kappa shape index (κ3) is 2.40. The molecule has 1 N–H and O–H groups in total. The Balaban J connectivity index is 1.75. The van der Waals surface area contributed by atoms with Crippen LogP contribution in [0.1, 0.15) is 23.3 Å². The highest BCUT2D eigenvalue weighted by atomic mass is 32.1. The summed E-state index contributed by atoms with van der Waals surface area (Å²) in [5.41, 5.74) is 1.86. The average molecular weight is 273 g/mol. The van der Waals surface area contributed by atoms with Crippen molar-refractivity contribution in [3.63, 3.8) is 0 Å². The number of piperidine rings is 1. The van der Waals surface area contributed by atoms with Crippen LogP contribution in [0.25, 0.3) is 0 Å². The van der Waals surface area contributed by atoms with Crippen molar-refractivity contribution in [3.8, 4) is 0 Å². The molecule has 0 amide bonds. The van der Waals surface area contributed by atoms with E-state index in [4.69, 9.17) is 0 Å². The minimum absolute atomic E-state index is 0.621. The van der Waals surface area contributed by atoms with Gasteiger partial charge in [0.1, 0.15) is 5.60 Å². The predicted octanol–water partition coefficient (Wildman–Crippen LogP) is 3.54. The van der Waals surface area contributed by atoms with Crippen LogP contribution >= 0.6 is 11.3 Å². The zero-order chi connectivity index (χ0) is 13.3. The van der Waals surface area contributed by atoms with E-state index in [1.54, 1.807) is 11.3 Å². The first-order chi connectivity index (χ1) is 9.19. The van der Waals surface area contributed by atoms with Gasteiger partial charge in [-0.2, -0.15) is 0 Å². The van der Waals surface area contributed by atoms with Crippen LogP contribution in [0.4, 0.5) is 5.69 Å². The van der Waals surface area contributed by atoms with Crippen molar-refractivity contribution < 1.29 is 5.11 Å². The van der Waals surface area contributed by atoms with Crippen LogP contribution in [0.3, 0.4) is 0 Å². The summed E-state index contributed by atoms with van der Waals surface area (Å²) in [7, 11) is 0. The lowest BCUT2D eigenvalue weighted by atomic mass is 9.88. The topological polar surface area (TPSA) is 23.5 Å². The number of benzene rings is 1. The second-order valence-corrected chi connectivity index (χ2v) is 6.20. The van der Waals surface area contributed by atoms with Crippen LogP contribution in [0, 0.1) is 6.92 Å². The third-order valence-electron chi connectivity index (χ3n) is 4.00. The van der Waals surface area contributed by atoms with Crippen molar-refractivity contribution in [2.24, 2.45) is 0 Å². The molecule has 1 aromatic heterocycles. The van der Waals surface area contributed by atoms with E-state index in [2.05, 4.69) is 47.5 Å². The summed E-state index contributed by atoms with van der Waals surface area (Å²) in [5, 5.41) is 12.9. The molecule has 100 valence electrons. The van der Waals surface area contributed by atoms with Gasteiger partial charge in [0.15, 0.2) is 0 Å². The van der Waals surface area contributed by atoms with Crippen LogP contribution in [-0.2, 0) is 5.60 Å². The van der Waals surface area contributed by atoms with E-state index in [0.29, 0.717) is 0 Å². The molecule has 0 saturated carbocycles. The SMILES string of the molecule is Cc1ccsc1C1(O)CCN(c2ccccc2)CC1. The molecule has 0 spiro atoms. The van der Waals surface area contributed by atoms with Crippen molar-refractivity contribution in [2.45, 2.75) is 25.4 Å². The second kappa shape index (κ2) is 4.99. The maximum Gasteiger partial charge on any atom is 0.102 e. The molecule has 1 fully saturated rings. The monoisotopic (exact) mass is 273 g/mol. The number of aryl methyl sites for hydroxylation is 1. The zero-order valence-corrected chi connectivity index (χ0v) is 12.0. The molecule has 0 aliphatic carbocycles. The molecular weight excluding hydrogens is 254 g/mol. The van der Waals surface area contributed by atoms with Crippen molar-refractivity contribution in [1.29, 1.82) is 0 Å². The molecule has 2 nitrogen and oxygen atoms in total. The Bertz CT molecular complexity index is 541. The van der Waals surface area contributed by atoms with E-state index in [1.165, 1.54) is 11.3 Å². The van der Waals surface area contributed by atoms with E-state index in [-0.39, 0.29) is 0 Å². The van der Waals surface area contributed by atoms with Crippen LogP contribution < -0.4 is 4.90 Å². The highest BCUT2D eigenvalue weighted by Crippen LogP contribution is 2.38. The van der Waals surface area contributed by atoms with Crippen molar-refractivity contribution in [2.75, 3.05) is 18.0 Å². The van der Waals surface area contributed by atoms with Gasteiger partial charge >= 0.3 is 0 Å². The summed E-state index contributed by atoms with van der Waals surface area (Å²) in [6, 6.07) is 12.6. The molecule has 0 radical (unpaired) electrons. The van der Waals surface area contributed by atoms with Gasteiger partial charge in [0.25, 0.3) is 0 Å². The van der Waals surface area contributed by atoms with Crippen LogP contribution in [-0.4, -0.2) is 18.2 Å². The van der Waals surface area contributed by atoms with Gasteiger partial charge in [0, 0.05) is 23.7 Å². The normalized spacial score (nSPS) is 18.5. The Hall–Kier alpha value is -1.32.